The Morgan fingerprint density at radius 3 is 0.968 bits per heavy atom. The van der Waals surface area contributed by atoms with Crippen molar-refractivity contribution in [2.24, 2.45) is 0 Å². The number of esters is 3. The van der Waals surface area contributed by atoms with Crippen molar-refractivity contribution in [3.05, 3.63) is 60.8 Å². The van der Waals surface area contributed by atoms with Crippen LogP contribution >= 0.6 is 0 Å². The average Bonchev–Trinajstić information content (AvgIpc) is 3.27. The molecular weight excluding hydrogens is 769 g/mol. The second kappa shape index (κ2) is 50.8. The molecule has 0 radical (unpaired) electrons. The van der Waals surface area contributed by atoms with E-state index >= 15 is 0 Å². The topological polar surface area (TPSA) is 78.9 Å². The summed E-state index contributed by atoms with van der Waals surface area (Å²) >= 11 is 0. The molecule has 0 spiro atoms. The number of carbonyl (C=O) groups excluding carboxylic acids is 3. The van der Waals surface area contributed by atoms with Crippen LogP contribution in [-0.4, -0.2) is 37.2 Å². The number of allylic oxidation sites excluding steroid dienone is 10. The molecule has 0 aromatic heterocycles. The maximum absolute atomic E-state index is 12.8. The molecule has 62 heavy (non-hydrogen) atoms. The van der Waals surface area contributed by atoms with E-state index in [1.54, 1.807) is 0 Å². The van der Waals surface area contributed by atoms with Crippen LogP contribution in [0.5, 0.6) is 0 Å². The first-order chi connectivity index (χ1) is 30.5. The van der Waals surface area contributed by atoms with Gasteiger partial charge in [0.05, 0.1) is 0 Å². The van der Waals surface area contributed by atoms with Gasteiger partial charge in [0, 0.05) is 19.3 Å². The Morgan fingerprint density at radius 1 is 0.339 bits per heavy atom. The van der Waals surface area contributed by atoms with Crippen LogP contribution in [-0.2, 0) is 28.6 Å². The maximum atomic E-state index is 12.8. The Balaban J connectivity index is 4.45. The molecule has 0 unspecified atom stereocenters. The zero-order chi connectivity index (χ0) is 45.1. The highest BCUT2D eigenvalue weighted by molar-refractivity contribution is 5.71. The summed E-state index contributed by atoms with van der Waals surface area (Å²) in [6.07, 6.45) is 62.1. The average molecular weight is 867 g/mol. The smallest absolute Gasteiger partial charge is 0.306 e. The molecule has 0 bridgehead atoms. The van der Waals surface area contributed by atoms with Crippen LogP contribution in [0.25, 0.3) is 0 Å². The summed E-state index contributed by atoms with van der Waals surface area (Å²) in [7, 11) is 0. The van der Waals surface area contributed by atoms with E-state index in [1.807, 2.05) is 0 Å². The third-order valence-electron chi connectivity index (χ3n) is 11.3. The number of rotatable bonds is 47. The lowest BCUT2D eigenvalue weighted by Gasteiger charge is -2.18. The molecule has 0 aliphatic rings. The molecule has 0 rings (SSSR count). The molecule has 1 atom stereocenters. The minimum atomic E-state index is -0.799. The van der Waals surface area contributed by atoms with E-state index in [-0.39, 0.29) is 37.5 Å². The summed E-state index contributed by atoms with van der Waals surface area (Å²) in [5.74, 6) is -0.944. The van der Waals surface area contributed by atoms with Crippen LogP contribution in [0.15, 0.2) is 60.8 Å². The lowest BCUT2D eigenvalue weighted by molar-refractivity contribution is -0.167. The van der Waals surface area contributed by atoms with Crippen LogP contribution in [0, 0.1) is 0 Å². The molecule has 0 saturated heterocycles. The van der Waals surface area contributed by atoms with Crippen molar-refractivity contribution in [3.63, 3.8) is 0 Å². The monoisotopic (exact) mass is 867 g/mol. The second-order valence-corrected chi connectivity index (χ2v) is 17.4. The van der Waals surface area contributed by atoms with Gasteiger partial charge in [-0.2, -0.15) is 0 Å². The predicted molar refractivity (Wildman–Crippen MR) is 265 cm³/mol. The van der Waals surface area contributed by atoms with E-state index in [1.165, 1.54) is 135 Å². The van der Waals surface area contributed by atoms with Crippen molar-refractivity contribution in [2.75, 3.05) is 13.2 Å². The fourth-order valence-corrected chi connectivity index (χ4v) is 7.36. The molecule has 0 aliphatic carbocycles. The molecule has 6 nitrogen and oxygen atoms in total. The highest BCUT2D eigenvalue weighted by Crippen LogP contribution is 2.16. The normalized spacial score (nSPS) is 12.5. The Hall–Kier alpha value is -2.89. The molecular formula is C56H98O6. The Labute approximate surface area is 383 Å². The van der Waals surface area contributed by atoms with Crippen molar-refractivity contribution in [1.29, 1.82) is 0 Å². The van der Waals surface area contributed by atoms with Gasteiger partial charge in [-0.25, -0.2) is 0 Å². The van der Waals surface area contributed by atoms with E-state index in [9.17, 15) is 14.4 Å². The molecule has 0 aromatic carbocycles. The third-order valence-corrected chi connectivity index (χ3v) is 11.3. The van der Waals surface area contributed by atoms with Crippen LogP contribution in [0.1, 0.15) is 258 Å². The van der Waals surface area contributed by atoms with Gasteiger partial charge in [-0.05, 0) is 57.8 Å². The standard InChI is InChI=1S/C56H98O6/c1-4-7-10-13-16-19-22-25-27-28-30-32-35-38-41-44-47-50-56(59)62-53(51-60-54(57)48-45-42-39-36-33-24-21-18-15-12-9-6-3)52-61-55(58)49-46-43-40-37-34-31-29-26-23-20-17-14-11-8-5-2/h7,10,16,19,25,27,30,32,38,41,53H,4-6,8-9,11-15,17-18,20-24,26,28-29,31,33-37,39-40,42-52H2,1-3H3/b10-7-,19-16-,27-25-,32-30-,41-38-/t53-/m0/s1. The largest absolute Gasteiger partial charge is 0.462 e. The number of unbranched alkanes of at least 4 members (excludes halogenated alkanes) is 26. The summed E-state index contributed by atoms with van der Waals surface area (Å²) in [4.78, 5) is 38.0. The van der Waals surface area contributed by atoms with E-state index in [0.717, 1.165) is 77.0 Å². The summed E-state index contributed by atoms with van der Waals surface area (Å²) in [6.45, 7) is 6.49. The summed E-state index contributed by atoms with van der Waals surface area (Å²) in [6, 6.07) is 0. The lowest BCUT2D eigenvalue weighted by Crippen LogP contribution is -2.30. The van der Waals surface area contributed by atoms with Crippen LogP contribution < -0.4 is 0 Å². The van der Waals surface area contributed by atoms with Crippen molar-refractivity contribution in [2.45, 2.75) is 264 Å². The maximum Gasteiger partial charge on any atom is 0.306 e. The summed E-state index contributed by atoms with van der Waals surface area (Å²) < 4.78 is 16.8. The molecule has 0 aromatic rings. The first-order valence-corrected chi connectivity index (χ1v) is 26.3. The van der Waals surface area contributed by atoms with Gasteiger partial charge in [-0.3, -0.25) is 14.4 Å². The second-order valence-electron chi connectivity index (χ2n) is 17.4. The number of carbonyl (C=O) groups is 3. The molecule has 0 fully saturated rings. The first kappa shape index (κ1) is 59.1. The van der Waals surface area contributed by atoms with Gasteiger partial charge in [-0.15, -0.1) is 0 Å². The Bertz CT molecular complexity index is 1130. The van der Waals surface area contributed by atoms with E-state index < -0.39 is 6.10 Å². The minimum Gasteiger partial charge on any atom is -0.462 e. The van der Waals surface area contributed by atoms with Crippen molar-refractivity contribution in [3.8, 4) is 0 Å². The zero-order valence-electron chi connectivity index (χ0n) is 40.9. The lowest BCUT2D eigenvalue weighted by atomic mass is 10.0. The van der Waals surface area contributed by atoms with Crippen LogP contribution in [0.2, 0.25) is 0 Å². The van der Waals surface area contributed by atoms with E-state index in [0.29, 0.717) is 19.3 Å². The van der Waals surface area contributed by atoms with Gasteiger partial charge >= 0.3 is 17.9 Å². The van der Waals surface area contributed by atoms with Gasteiger partial charge in [0.1, 0.15) is 13.2 Å². The molecule has 0 aliphatic heterocycles. The molecule has 6 heteroatoms. The Morgan fingerprint density at radius 2 is 0.629 bits per heavy atom. The fraction of sp³-hybridized carbons (Fsp3) is 0.768. The number of hydrogen-bond donors (Lipinski definition) is 0. The molecule has 0 heterocycles. The molecule has 0 saturated carbocycles. The zero-order valence-corrected chi connectivity index (χ0v) is 40.9. The first-order valence-electron chi connectivity index (χ1n) is 26.3. The highest BCUT2D eigenvalue weighted by atomic mass is 16.6. The third kappa shape index (κ3) is 48.1. The summed E-state index contributed by atoms with van der Waals surface area (Å²) in [5, 5.41) is 0. The number of ether oxygens (including phenoxy) is 3. The van der Waals surface area contributed by atoms with E-state index in [2.05, 4.69) is 81.5 Å². The summed E-state index contributed by atoms with van der Waals surface area (Å²) in [5.41, 5.74) is 0. The fourth-order valence-electron chi connectivity index (χ4n) is 7.36. The quantitative estimate of drug-likeness (QED) is 0.0262. The van der Waals surface area contributed by atoms with Gasteiger partial charge in [0.15, 0.2) is 6.10 Å². The van der Waals surface area contributed by atoms with Gasteiger partial charge in [0.25, 0.3) is 0 Å². The molecule has 0 N–H and O–H groups in total. The molecule has 0 amide bonds. The van der Waals surface area contributed by atoms with Gasteiger partial charge in [-0.1, -0.05) is 242 Å². The van der Waals surface area contributed by atoms with Crippen LogP contribution in [0.4, 0.5) is 0 Å². The van der Waals surface area contributed by atoms with Gasteiger partial charge in [0.2, 0.25) is 0 Å². The van der Waals surface area contributed by atoms with Crippen LogP contribution in [0.3, 0.4) is 0 Å². The van der Waals surface area contributed by atoms with E-state index in [4.69, 9.17) is 14.2 Å². The Kier molecular flexibility index (Phi) is 48.4. The van der Waals surface area contributed by atoms with Crippen molar-refractivity contribution >= 4 is 17.9 Å². The minimum absolute atomic E-state index is 0.0933. The SMILES string of the molecule is CC/C=C\C/C=C\C/C=C\C/C=C\C/C=C\CCCC(=O)O[C@@H](COC(=O)CCCCCCCCCCCCCC)COC(=O)CCCCCCCCCCCCCCCCC. The number of hydrogen-bond acceptors (Lipinski definition) is 6. The van der Waals surface area contributed by atoms with Crippen molar-refractivity contribution < 1.29 is 28.6 Å². The highest BCUT2D eigenvalue weighted by Gasteiger charge is 2.19. The predicted octanol–water partition coefficient (Wildman–Crippen LogP) is 17.3. The molecule has 358 valence electrons. The van der Waals surface area contributed by atoms with Gasteiger partial charge < -0.3 is 14.2 Å². The van der Waals surface area contributed by atoms with Crippen molar-refractivity contribution in [1.82, 2.24) is 0 Å².